The van der Waals surface area contributed by atoms with Crippen LogP contribution in [0.3, 0.4) is 0 Å². The van der Waals surface area contributed by atoms with Gasteiger partial charge in [-0.05, 0) is 53.6 Å². The summed E-state index contributed by atoms with van der Waals surface area (Å²) >= 11 is 2.16. The van der Waals surface area contributed by atoms with Gasteiger partial charge >= 0.3 is 5.97 Å². The van der Waals surface area contributed by atoms with Gasteiger partial charge in [0.05, 0.1) is 0 Å². The molecule has 0 aliphatic heterocycles. The summed E-state index contributed by atoms with van der Waals surface area (Å²) in [6.07, 6.45) is 2.14. The van der Waals surface area contributed by atoms with Crippen LogP contribution in [0.4, 0.5) is 0 Å². The molecule has 4 nitrogen and oxygen atoms in total. The Balaban J connectivity index is 2.82. The maximum Gasteiger partial charge on any atom is 0.326 e. The van der Waals surface area contributed by atoms with E-state index in [-0.39, 0.29) is 5.91 Å². The van der Waals surface area contributed by atoms with E-state index in [4.69, 9.17) is 5.11 Å². The van der Waals surface area contributed by atoms with Crippen LogP contribution in [0.1, 0.15) is 42.1 Å². The van der Waals surface area contributed by atoms with Crippen molar-refractivity contribution in [1.82, 2.24) is 5.32 Å². The predicted octanol–water partition coefficient (Wildman–Crippen LogP) is 2.97. The zero-order valence-corrected chi connectivity index (χ0v) is 13.2. The number of carboxylic acids is 1. The lowest BCUT2D eigenvalue weighted by Crippen LogP contribution is -2.41. The highest BCUT2D eigenvalue weighted by Gasteiger charge is 2.21. The molecule has 19 heavy (non-hydrogen) atoms. The quantitative estimate of drug-likeness (QED) is 0.752. The molecule has 1 aromatic carbocycles. The lowest BCUT2D eigenvalue weighted by molar-refractivity contribution is -0.139. The van der Waals surface area contributed by atoms with Crippen LogP contribution in [-0.2, 0) is 4.79 Å². The van der Waals surface area contributed by atoms with Gasteiger partial charge in [-0.3, -0.25) is 4.79 Å². The number of carbonyl (C=O) groups is 2. The van der Waals surface area contributed by atoms with Gasteiger partial charge in [0, 0.05) is 9.13 Å². The Morgan fingerprint density at radius 2 is 2.11 bits per heavy atom. The molecule has 0 aliphatic carbocycles. The minimum Gasteiger partial charge on any atom is -0.480 e. The van der Waals surface area contributed by atoms with Crippen molar-refractivity contribution in [3.63, 3.8) is 0 Å². The molecule has 0 radical (unpaired) electrons. The van der Waals surface area contributed by atoms with E-state index in [1.54, 1.807) is 12.1 Å². The molecule has 0 heterocycles. The first-order valence-electron chi connectivity index (χ1n) is 6.26. The van der Waals surface area contributed by atoms with E-state index in [9.17, 15) is 9.59 Å². The smallest absolute Gasteiger partial charge is 0.326 e. The van der Waals surface area contributed by atoms with E-state index in [1.165, 1.54) is 0 Å². The van der Waals surface area contributed by atoms with E-state index in [0.29, 0.717) is 12.0 Å². The molecule has 0 aromatic heterocycles. The minimum atomic E-state index is -0.981. The molecular formula is C14H18INO3. The standard InChI is InChI=1S/C14H18INO3/c1-3-4-8-12(14(18)19)16-13(17)10-6-5-7-11(15)9(10)2/h5-7,12H,3-4,8H2,1-2H3,(H,16,17)(H,18,19). The Bertz CT molecular complexity index is 474. The molecule has 5 heteroatoms. The number of hydrogen-bond donors (Lipinski definition) is 2. The first-order chi connectivity index (χ1) is 8.97. The monoisotopic (exact) mass is 375 g/mol. The molecule has 104 valence electrons. The van der Waals surface area contributed by atoms with Crippen LogP contribution in [0.5, 0.6) is 0 Å². The topological polar surface area (TPSA) is 66.4 Å². The summed E-state index contributed by atoms with van der Waals surface area (Å²) in [5.41, 5.74) is 1.41. The molecule has 1 rings (SSSR count). The minimum absolute atomic E-state index is 0.320. The van der Waals surface area contributed by atoms with Gasteiger partial charge in [0.25, 0.3) is 5.91 Å². The lowest BCUT2D eigenvalue weighted by atomic mass is 10.1. The van der Waals surface area contributed by atoms with Crippen molar-refractivity contribution in [3.05, 3.63) is 32.9 Å². The Hall–Kier alpha value is -1.11. The zero-order valence-electron chi connectivity index (χ0n) is 11.1. The first-order valence-corrected chi connectivity index (χ1v) is 7.34. The maximum atomic E-state index is 12.1. The zero-order chi connectivity index (χ0) is 14.4. The van der Waals surface area contributed by atoms with Crippen LogP contribution in [0.25, 0.3) is 0 Å². The fourth-order valence-electron chi connectivity index (χ4n) is 1.76. The molecular weight excluding hydrogens is 357 g/mol. The van der Waals surface area contributed by atoms with Crippen molar-refractivity contribution in [2.24, 2.45) is 0 Å². The van der Waals surface area contributed by atoms with Gasteiger partial charge in [0.2, 0.25) is 0 Å². The number of rotatable bonds is 6. The normalized spacial score (nSPS) is 11.9. The molecule has 1 amide bonds. The summed E-state index contributed by atoms with van der Waals surface area (Å²) in [6.45, 7) is 3.85. The molecule has 1 aromatic rings. The van der Waals surface area contributed by atoms with Crippen molar-refractivity contribution in [3.8, 4) is 0 Å². The van der Waals surface area contributed by atoms with Gasteiger partial charge in [-0.15, -0.1) is 0 Å². The van der Waals surface area contributed by atoms with E-state index in [1.807, 2.05) is 19.9 Å². The molecule has 0 saturated heterocycles. The second-order valence-corrected chi connectivity index (χ2v) is 5.58. The van der Waals surface area contributed by atoms with Crippen LogP contribution in [0.2, 0.25) is 0 Å². The van der Waals surface area contributed by atoms with Crippen LogP contribution in [0.15, 0.2) is 18.2 Å². The van der Waals surface area contributed by atoms with Crippen LogP contribution in [0, 0.1) is 10.5 Å². The Kier molecular flexibility index (Phi) is 6.27. The third-order valence-electron chi connectivity index (χ3n) is 2.96. The average Bonchev–Trinajstić information content (AvgIpc) is 2.37. The SMILES string of the molecule is CCCCC(NC(=O)c1cccc(I)c1C)C(=O)O. The predicted molar refractivity (Wildman–Crippen MR) is 82.3 cm³/mol. The average molecular weight is 375 g/mol. The van der Waals surface area contributed by atoms with Gasteiger partial charge in [-0.1, -0.05) is 25.8 Å². The fraction of sp³-hybridized carbons (Fsp3) is 0.429. The molecule has 0 aliphatic rings. The van der Waals surface area contributed by atoms with E-state index < -0.39 is 12.0 Å². The highest BCUT2D eigenvalue weighted by atomic mass is 127. The highest BCUT2D eigenvalue weighted by Crippen LogP contribution is 2.16. The Morgan fingerprint density at radius 1 is 1.42 bits per heavy atom. The Morgan fingerprint density at radius 3 is 2.68 bits per heavy atom. The van der Waals surface area contributed by atoms with Crippen molar-refractivity contribution < 1.29 is 14.7 Å². The van der Waals surface area contributed by atoms with Crippen LogP contribution in [-0.4, -0.2) is 23.0 Å². The summed E-state index contributed by atoms with van der Waals surface area (Å²) in [5, 5.41) is 11.7. The largest absolute Gasteiger partial charge is 0.480 e. The number of hydrogen-bond acceptors (Lipinski definition) is 2. The van der Waals surface area contributed by atoms with Crippen LogP contribution < -0.4 is 5.32 Å². The van der Waals surface area contributed by atoms with Crippen molar-refractivity contribution in [2.75, 3.05) is 0 Å². The third kappa shape index (κ3) is 4.49. The number of aliphatic carboxylic acids is 1. The van der Waals surface area contributed by atoms with Gasteiger partial charge in [-0.25, -0.2) is 4.79 Å². The van der Waals surface area contributed by atoms with Crippen molar-refractivity contribution in [1.29, 1.82) is 0 Å². The molecule has 0 bridgehead atoms. The van der Waals surface area contributed by atoms with Gasteiger partial charge < -0.3 is 10.4 Å². The number of carboxylic acid groups (broad SMARTS) is 1. The summed E-state index contributed by atoms with van der Waals surface area (Å²) < 4.78 is 0.991. The molecule has 0 saturated carbocycles. The first kappa shape index (κ1) is 15.9. The number of carbonyl (C=O) groups excluding carboxylic acids is 1. The van der Waals surface area contributed by atoms with Crippen molar-refractivity contribution >= 4 is 34.5 Å². The van der Waals surface area contributed by atoms with Crippen LogP contribution >= 0.6 is 22.6 Å². The van der Waals surface area contributed by atoms with E-state index in [0.717, 1.165) is 22.0 Å². The van der Waals surface area contributed by atoms with Gasteiger partial charge in [0.15, 0.2) is 0 Å². The number of halogens is 1. The van der Waals surface area contributed by atoms with Gasteiger partial charge in [-0.2, -0.15) is 0 Å². The van der Waals surface area contributed by atoms with Gasteiger partial charge in [0.1, 0.15) is 6.04 Å². The molecule has 0 spiro atoms. The Labute approximate surface area is 126 Å². The van der Waals surface area contributed by atoms with E-state index >= 15 is 0 Å². The number of benzene rings is 1. The third-order valence-corrected chi connectivity index (χ3v) is 4.13. The summed E-state index contributed by atoms with van der Waals surface area (Å²) in [5.74, 6) is -1.30. The molecule has 1 atom stereocenters. The molecule has 2 N–H and O–H groups in total. The summed E-state index contributed by atoms with van der Waals surface area (Å²) in [7, 11) is 0. The number of amides is 1. The highest BCUT2D eigenvalue weighted by molar-refractivity contribution is 14.1. The number of unbranched alkanes of at least 4 members (excludes halogenated alkanes) is 1. The summed E-state index contributed by atoms with van der Waals surface area (Å²) in [4.78, 5) is 23.2. The molecule has 1 unspecified atom stereocenters. The summed E-state index contributed by atoms with van der Waals surface area (Å²) in [6, 6.07) is 4.61. The second-order valence-electron chi connectivity index (χ2n) is 4.42. The maximum absolute atomic E-state index is 12.1. The number of nitrogens with one attached hydrogen (secondary N) is 1. The second kappa shape index (κ2) is 7.47. The van der Waals surface area contributed by atoms with Crippen molar-refractivity contribution in [2.45, 2.75) is 39.2 Å². The molecule has 0 fully saturated rings. The lowest BCUT2D eigenvalue weighted by Gasteiger charge is -2.15. The fourth-order valence-corrected chi connectivity index (χ4v) is 2.25. The van der Waals surface area contributed by atoms with E-state index in [2.05, 4.69) is 27.9 Å².